The van der Waals surface area contributed by atoms with Crippen LogP contribution < -0.4 is 15.2 Å². The predicted molar refractivity (Wildman–Crippen MR) is 32.3 cm³/mol. The zero-order valence-corrected chi connectivity index (χ0v) is 5.87. The van der Waals surface area contributed by atoms with Crippen molar-refractivity contribution in [2.45, 2.75) is 0 Å². The van der Waals surface area contributed by atoms with Gasteiger partial charge in [0.15, 0.2) is 0 Å². The Morgan fingerprint density at radius 1 is 1.70 bits per heavy atom. The minimum atomic E-state index is -0.488. The lowest BCUT2D eigenvalue weighted by atomic mass is 10.6. The Balaban J connectivity index is 3.46. The normalized spacial score (nSPS) is 9.80. The van der Waals surface area contributed by atoms with Gasteiger partial charge in [-0.1, -0.05) is 0 Å². The molecule has 54 valence electrons. The number of aryl methyl sites for hydroxylation is 2. The van der Waals surface area contributed by atoms with Crippen molar-refractivity contribution in [3.63, 3.8) is 0 Å². The van der Waals surface area contributed by atoms with E-state index in [4.69, 9.17) is 0 Å². The van der Waals surface area contributed by atoms with Gasteiger partial charge in [-0.2, -0.15) is 0 Å². The van der Waals surface area contributed by atoms with Crippen LogP contribution in [0.15, 0.2) is 17.3 Å². The molecule has 1 heterocycles. The number of rotatable bonds is 0. The van der Waals surface area contributed by atoms with Crippen molar-refractivity contribution in [1.82, 2.24) is 4.57 Å². The van der Waals surface area contributed by atoms with E-state index in [1.807, 2.05) is 0 Å². The molecule has 0 aromatic carbocycles. The maximum absolute atomic E-state index is 10.8. The maximum atomic E-state index is 10.8. The van der Waals surface area contributed by atoms with Gasteiger partial charge in [-0.05, 0) is 0 Å². The predicted octanol–water partition coefficient (Wildman–Crippen LogP) is -1.72. The molecule has 0 fully saturated rings. The highest BCUT2D eigenvalue weighted by atomic mass is 16.3. The number of hydrogen-bond donors (Lipinski definition) is 0. The molecular weight excluding hydrogens is 132 g/mol. The van der Waals surface area contributed by atoms with Gasteiger partial charge in [-0.15, -0.1) is 0 Å². The Labute approximate surface area is 58.0 Å². The first-order valence-corrected chi connectivity index (χ1v) is 2.84. The van der Waals surface area contributed by atoms with Crippen molar-refractivity contribution in [3.05, 3.63) is 22.9 Å². The zero-order chi connectivity index (χ0) is 7.72. The van der Waals surface area contributed by atoms with Crippen molar-refractivity contribution in [1.29, 1.82) is 0 Å². The summed E-state index contributed by atoms with van der Waals surface area (Å²) in [7, 11) is 3.24. The topological polar surface area (TPSA) is 48.9 Å². The quantitative estimate of drug-likeness (QED) is 0.403. The summed E-state index contributed by atoms with van der Waals surface area (Å²) in [6, 6.07) is 0. The van der Waals surface area contributed by atoms with Crippen LogP contribution in [0, 0.1) is 0 Å². The van der Waals surface area contributed by atoms with Crippen LogP contribution in [0.3, 0.4) is 0 Å². The summed E-state index contributed by atoms with van der Waals surface area (Å²) >= 11 is 0. The van der Waals surface area contributed by atoms with Gasteiger partial charge < -0.3 is 5.11 Å². The minimum absolute atomic E-state index is 0.479. The summed E-state index contributed by atoms with van der Waals surface area (Å²) in [6.07, 6.45) is 2.80. The van der Waals surface area contributed by atoms with E-state index in [-0.39, 0.29) is 0 Å². The van der Waals surface area contributed by atoms with E-state index in [1.165, 1.54) is 10.8 Å². The first-order valence-electron chi connectivity index (χ1n) is 2.84. The van der Waals surface area contributed by atoms with E-state index in [9.17, 15) is 9.90 Å². The second kappa shape index (κ2) is 2.13. The third-order valence-corrected chi connectivity index (χ3v) is 1.21. The largest absolute Gasteiger partial charge is 0.865 e. The summed E-state index contributed by atoms with van der Waals surface area (Å²) in [5.74, 6) is -0.479. The molecule has 0 aliphatic rings. The monoisotopic (exact) mass is 140 g/mol. The molecule has 4 heteroatoms. The molecule has 0 N–H and O–H groups in total. The molecule has 0 radical (unpaired) electrons. The lowest BCUT2D eigenvalue weighted by Crippen LogP contribution is -2.36. The highest BCUT2D eigenvalue weighted by molar-refractivity contribution is 5.03. The van der Waals surface area contributed by atoms with Crippen LogP contribution in [0.25, 0.3) is 0 Å². The minimum Gasteiger partial charge on any atom is -0.865 e. The van der Waals surface area contributed by atoms with E-state index in [0.717, 1.165) is 0 Å². The van der Waals surface area contributed by atoms with Gasteiger partial charge in [-0.3, -0.25) is 0 Å². The third kappa shape index (κ3) is 1.00. The molecule has 4 nitrogen and oxygen atoms in total. The number of nitrogens with zero attached hydrogens (tertiary/aromatic N) is 2. The Kier molecular flexibility index (Phi) is 1.45. The number of hydrogen-bond acceptors (Lipinski definition) is 2. The molecule has 0 aliphatic carbocycles. The van der Waals surface area contributed by atoms with Gasteiger partial charge in [-0.25, -0.2) is 13.9 Å². The lowest BCUT2D eigenvalue weighted by molar-refractivity contribution is -0.678. The molecule has 0 atom stereocenters. The van der Waals surface area contributed by atoms with Gasteiger partial charge in [0.25, 0.3) is 0 Å². The van der Waals surface area contributed by atoms with Gasteiger partial charge in [0.2, 0.25) is 6.33 Å². The maximum Gasteiger partial charge on any atom is 0.329 e. The van der Waals surface area contributed by atoms with Crippen LogP contribution in [-0.4, -0.2) is 4.57 Å². The van der Waals surface area contributed by atoms with Crippen LogP contribution in [0.5, 0.6) is 5.75 Å². The van der Waals surface area contributed by atoms with Crippen LogP contribution in [0.2, 0.25) is 0 Å². The van der Waals surface area contributed by atoms with Crippen molar-refractivity contribution in [2.24, 2.45) is 14.1 Å². The Hall–Kier alpha value is -1.32. The molecule has 10 heavy (non-hydrogen) atoms. The molecule has 1 aromatic heterocycles. The average Bonchev–Trinajstić information content (AvgIpc) is 1.82. The molecule has 1 rings (SSSR count). The molecule has 0 spiro atoms. The van der Waals surface area contributed by atoms with Crippen molar-refractivity contribution in [2.75, 3.05) is 0 Å². The summed E-state index contributed by atoms with van der Waals surface area (Å²) in [4.78, 5) is 10.8. The highest BCUT2D eigenvalue weighted by Crippen LogP contribution is 1.83. The average molecular weight is 140 g/mol. The molecule has 0 aliphatic heterocycles. The third-order valence-electron chi connectivity index (χ3n) is 1.21. The second-order valence-electron chi connectivity index (χ2n) is 2.19. The smallest absolute Gasteiger partial charge is 0.329 e. The van der Waals surface area contributed by atoms with Crippen LogP contribution in [0.4, 0.5) is 0 Å². The van der Waals surface area contributed by atoms with Gasteiger partial charge in [0, 0.05) is 5.75 Å². The molecule has 0 saturated carbocycles. The summed E-state index contributed by atoms with van der Waals surface area (Å²) in [5.41, 5.74) is -0.488. The number of aromatic nitrogens is 2. The van der Waals surface area contributed by atoms with E-state index in [0.29, 0.717) is 0 Å². The van der Waals surface area contributed by atoms with Gasteiger partial charge in [0.1, 0.15) is 0 Å². The van der Waals surface area contributed by atoms with E-state index < -0.39 is 11.3 Å². The van der Waals surface area contributed by atoms with Crippen molar-refractivity contribution in [3.8, 4) is 5.75 Å². The van der Waals surface area contributed by atoms with Gasteiger partial charge >= 0.3 is 5.56 Å². The molecule has 1 aromatic rings. The highest BCUT2D eigenvalue weighted by Gasteiger charge is 1.97. The Bertz CT molecular complexity index is 277. The van der Waals surface area contributed by atoms with E-state index >= 15 is 0 Å². The van der Waals surface area contributed by atoms with E-state index in [2.05, 4.69) is 0 Å². The Morgan fingerprint density at radius 2 is 2.30 bits per heavy atom. The Morgan fingerprint density at radius 3 is 2.80 bits per heavy atom. The van der Waals surface area contributed by atoms with Crippen molar-refractivity contribution < 1.29 is 9.67 Å². The fourth-order valence-electron chi connectivity index (χ4n) is 0.773. The fraction of sp³-hybridized carbons (Fsp3) is 0.333. The molecule has 0 saturated heterocycles. The fourth-order valence-corrected chi connectivity index (χ4v) is 0.773. The zero-order valence-electron chi connectivity index (χ0n) is 5.87. The summed E-state index contributed by atoms with van der Waals surface area (Å²) in [6.45, 7) is 0. The van der Waals surface area contributed by atoms with Gasteiger partial charge in [0.05, 0.1) is 20.3 Å². The first-order chi connectivity index (χ1) is 4.61. The van der Waals surface area contributed by atoms with Crippen LogP contribution in [0.1, 0.15) is 0 Å². The van der Waals surface area contributed by atoms with Crippen molar-refractivity contribution >= 4 is 0 Å². The van der Waals surface area contributed by atoms with E-state index in [1.54, 1.807) is 25.0 Å². The standard InChI is InChI=1S/C6H8N2O2/c1-7-3-5(9)6(10)8(2)4-7/h3-4H,1-2H3. The molecule has 0 unspecified atom stereocenters. The SMILES string of the molecule is Cn1c[n+](C)cc([O-])c1=O. The summed E-state index contributed by atoms with van der Waals surface area (Å²) < 4.78 is 2.80. The molecule has 0 bridgehead atoms. The van der Waals surface area contributed by atoms with Crippen LogP contribution >= 0.6 is 0 Å². The van der Waals surface area contributed by atoms with Crippen LogP contribution in [-0.2, 0) is 14.1 Å². The lowest BCUT2D eigenvalue weighted by Gasteiger charge is -2.01. The first kappa shape index (κ1) is 6.80. The molecule has 0 amide bonds. The second-order valence-corrected chi connectivity index (χ2v) is 2.19. The molecular formula is C6H8N2O2. The summed E-state index contributed by atoms with van der Waals surface area (Å²) in [5, 5.41) is 10.7.